The van der Waals surface area contributed by atoms with Crippen molar-refractivity contribution in [3.63, 3.8) is 0 Å². The zero-order chi connectivity index (χ0) is 12.9. The summed E-state index contributed by atoms with van der Waals surface area (Å²) >= 11 is 0. The van der Waals surface area contributed by atoms with E-state index in [9.17, 15) is 13.2 Å². The van der Waals surface area contributed by atoms with Gasteiger partial charge >= 0.3 is 5.97 Å². The monoisotopic (exact) mass is 259 g/mol. The number of nitriles is 1. The van der Waals surface area contributed by atoms with Gasteiger partial charge in [-0.05, 0) is 19.8 Å². The molecule has 0 aromatic carbocycles. The third-order valence-electron chi connectivity index (χ3n) is 2.95. The van der Waals surface area contributed by atoms with E-state index in [0.717, 1.165) is 12.8 Å². The van der Waals surface area contributed by atoms with Gasteiger partial charge in [-0.15, -0.1) is 0 Å². The molecule has 1 saturated carbocycles. The van der Waals surface area contributed by atoms with Gasteiger partial charge in [0.1, 0.15) is 5.75 Å². The standard InChI is InChI=1S/C11H17NO4S/c1-2-16-11(13)8-17(14,15)10-6-4-3-5-9(10)7-12/h9-10H,2-6,8H2,1H3. The van der Waals surface area contributed by atoms with Crippen molar-refractivity contribution in [2.24, 2.45) is 5.92 Å². The second kappa shape index (κ2) is 6.01. The first-order chi connectivity index (χ1) is 8.01. The second-order valence-electron chi connectivity index (χ2n) is 4.17. The predicted molar refractivity (Wildman–Crippen MR) is 61.8 cm³/mol. The fourth-order valence-corrected chi connectivity index (χ4v) is 4.00. The minimum atomic E-state index is -3.56. The van der Waals surface area contributed by atoms with E-state index in [0.29, 0.717) is 12.8 Å². The Kier molecular flexibility index (Phi) is 4.94. The van der Waals surface area contributed by atoms with Gasteiger partial charge in [0.25, 0.3) is 0 Å². The number of nitrogens with zero attached hydrogens (tertiary/aromatic N) is 1. The molecule has 2 unspecified atom stereocenters. The maximum atomic E-state index is 12.0. The molecular formula is C11H17NO4S. The molecular weight excluding hydrogens is 242 g/mol. The van der Waals surface area contributed by atoms with Crippen LogP contribution in [0.5, 0.6) is 0 Å². The summed E-state index contributed by atoms with van der Waals surface area (Å²) in [5.74, 6) is -1.82. The summed E-state index contributed by atoms with van der Waals surface area (Å²) in [5.41, 5.74) is 0. The van der Waals surface area contributed by atoms with Gasteiger partial charge in [-0.3, -0.25) is 4.79 Å². The van der Waals surface area contributed by atoms with Crippen LogP contribution in [0.3, 0.4) is 0 Å². The Morgan fingerprint density at radius 3 is 2.65 bits per heavy atom. The van der Waals surface area contributed by atoms with Gasteiger partial charge in [-0.2, -0.15) is 5.26 Å². The van der Waals surface area contributed by atoms with Crippen LogP contribution in [0, 0.1) is 17.2 Å². The van der Waals surface area contributed by atoms with Gasteiger partial charge in [0.05, 0.1) is 23.8 Å². The van der Waals surface area contributed by atoms with Gasteiger partial charge in [0.15, 0.2) is 9.84 Å². The van der Waals surface area contributed by atoms with Crippen LogP contribution in [0.2, 0.25) is 0 Å². The number of hydrogen-bond donors (Lipinski definition) is 0. The molecule has 0 bridgehead atoms. The summed E-state index contributed by atoms with van der Waals surface area (Å²) in [5, 5.41) is 8.23. The molecule has 0 radical (unpaired) electrons. The van der Waals surface area contributed by atoms with Gasteiger partial charge in [-0.1, -0.05) is 12.8 Å². The molecule has 0 saturated heterocycles. The fraction of sp³-hybridized carbons (Fsp3) is 0.818. The molecule has 96 valence electrons. The quantitative estimate of drug-likeness (QED) is 0.704. The molecule has 6 heteroatoms. The average molecular weight is 259 g/mol. The maximum Gasteiger partial charge on any atom is 0.321 e. The van der Waals surface area contributed by atoms with Crippen LogP contribution in [0.15, 0.2) is 0 Å². The Balaban J connectivity index is 2.75. The van der Waals surface area contributed by atoms with Crippen molar-refractivity contribution in [1.82, 2.24) is 0 Å². The van der Waals surface area contributed by atoms with E-state index < -0.39 is 32.7 Å². The van der Waals surface area contributed by atoms with Crippen molar-refractivity contribution >= 4 is 15.8 Å². The van der Waals surface area contributed by atoms with Crippen molar-refractivity contribution in [3.8, 4) is 6.07 Å². The highest BCUT2D eigenvalue weighted by atomic mass is 32.2. The van der Waals surface area contributed by atoms with E-state index >= 15 is 0 Å². The van der Waals surface area contributed by atoms with Crippen LogP contribution in [0.25, 0.3) is 0 Å². The second-order valence-corrected chi connectivity index (χ2v) is 6.39. The lowest BCUT2D eigenvalue weighted by Crippen LogP contribution is -2.36. The first-order valence-electron chi connectivity index (χ1n) is 5.78. The lowest BCUT2D eigenvalue weighted by molar-refractivity contribution is -0.139. The van der Waals surface area contributed by atoms with E-state index in [2.05, 4.69) is 4.74 Å². The Morgan fingerprint density at radius 2 is 2.06 bits per heavy atom. The van der Waals surface area contributed by atoms with E-state index in [-0.39, 0.29) is 6.61 Å². The largest absolute Gasteiger partial charge is 0.465 e. The van der Waals surface area contributed by atoms with Gasteiger partial charge in [-0.25, -0.2) is 8.42 Å². The minimum absolute atomic E-state index is 0.167. The number of sulfone groups is 1. The molecule has 1 rings (SSSR count). The van der Waals surface area contributed by atoms with Crippen molar-refractivity contribution in [2.75, 3.05) is 12.4 Å². The van der Waals surface area contributed by atoms with Crippen LogP contribution < -0.4 is 0 Å². The number of rotatable bonds is 4. The number of hydrogen-bond acceptors (Lipinski definition) is 5. The SMILES string of the molecule is CCOC(=O)CS(=O)(=O)C1CCCCC1C#N. The number of carbonyl (C=O) groups excluding carboxylic acids is 1. The molecule has 5 nitrogen and oxygen atoms in total. The van der Waals surface area contributed by atoms with E-state index in [1.807, 2.05) is 6.07 Å². The number of esters is 1. The summed E-state index contributed by atoms with van der Waals surface area (Å²) in [7, 11) is -3.56. The summed E-state index contributed by atoms with van der Waals surface area (Å²) in [6, 6.07) is 2.03. The van der Waals surface area contributed by atoms with Crippen LogP contribution in [-0.2, 0) is 19.4 Å². The first-order valence-corrected chi connectivity index (χ1v) is 7.49. The normalized spacial score (nSPS) is 24.9. The minimum Gasteiger partial charge on any atom is -0.465 e. The summed E-state index contributed by atoms with van der Waals surface area (Å²) in [6.45, 7) is 1.80. The number of carbonyl (C=O) groups is 1. The number of ether oxygens (including phenoxy) is 1. The molecule has 0 heterocycles. The van der Waals surface area contributed by atoms with E-state index in [1.165, 1.54) is 0 Å². The molecule has 0 aliphatic heterocycles. The molecule has 0 amide bonds. The molecule has 1 fully saturated rings. The van der Waals surface area contributed by atoms with Gasteiger partial charge in [0, 0.05) is 0 Å². The fourth-order valence-electron chi connectivity index (χ4n) is 2.15. The summed E-state index contributed by atoms with van der Waals surface area (Å²) in [6.07, 6.45) is 2.75. The summed E-state index contributed by atoms with van der Waals surface area (Å²) in [4.78, 5) is 11.2. The van der Waals surface area contributed by atoms with Gasteiger partial charge < -0.3 is 4.74 Å². The average Bonchev–Trinajstić information content (AvgIpc) is 2.28. The predicted octanol–water partition coefficient (Wildman–Crippen LogP) is 1.05. The van der Waals surface area contributed by atoms with E-state index in [4.69, 9.17) is 5.26 Å². The van der Waals surface area contributed by atoms with E-state index in [1.54, 1.807) is 6.92 Å². The molecule has 1 aliphatic rings. The van der Waals surface area contributed by atoms with Gasteiger partial charge in [0.2, 0.25) is 0 Å². The third-order valence-corrected chi connectivity index (χ3v) is 5.08. The lowest BCUT2D eigenvalue weighted by Gasteiger charge is -2.25. The van der Waals surface area contributed by atoms with Crippen LogP contribution in [0.1, 0.15) is 32.6 Å². The highest BCUT2D eigenvalue weighted by molar-refractivity contribution is 7.92. The molecule has 2 atom stereocenters. The van der Waals surface area contributed by atoms with Crippen molar-refractivity contribution < 1.29 is 17.9 Å². The van der Waals surface area contributed by atoms with Crippen LogP contribution >= 0.6 is 0 Å². The molecule has 1 aliphatic carbocycles. The van der Waals surface area contributed by atoms with Crippen LogP contribution in [0.4, 0.5) is 0 Å². The lowest BCUT2D eigenvalue weighted by atomic mass is 9.90. The van der Waals surface area contributed by atoms with Crippen molar-refractivity contribution in [1.29, 1.82) is 5.26 Å². The van der Waals surface area contributed by atoms with Crippen molar-refractivity contribution in [2.45, 2.75) is 37.9 Å². The van der Waals surface area contributed by atoms with Crippen LogP contribution in [-0.4, -0.2) is 32.0 Å². The zero-order valence-electron chi connectivity index (χ0n) is 9.89. The topological polar surface area (TPSA) is 84.2 Å². The Morgan fingerprint density at radius 1 is 1.41 bits per heavy atom. The van der Waals surface area contributed by atoms with Crippen molar-refractivity contribution in [3.05, 3.63) is 0 Å². The maximum absolute atomic E-state index is 12.0. The first kappa shape index (κ1) is 14.0. The molecule has 17 heavy (non-hydrogen) atoms. The highest BCUT2D eigenvalue weighted by Crippen LogP contribution is 2.29. The molecule has 0 aromatic heterocycles. The zero-order valence-corrected chi connectivity index (χ0v) is 10.7. The highest BCUT2D eigenvalue weighted by Gasteiger charge is 2.37. The smallest absolute Gasteiger partial charge is 0.321 e. The summed E-state index contributed by atoms with van der Waals surface area (Å²) < 4.78 is 28.6. The Labute approximate surface area is 102 Å². The Hall–Kier alpha value is -1.09. The molecule has 0 N–H and O–H groups in total. The Bertz CT molecular complexity index is 410. The molecule has 0 spiro atoms. The third kappa shape index (κ3) is 3.70. The molecule has 0 aromatic rings.